The minimum atomic E-state index is -4.13. The Morgan fingerprint density at radius 1 is 1.71 bits per heavy atom. The summed E-state index contributed by atoms with van der Waals surface area (Å²) in [6.45, 7) is 0. The van der Waals surface area contributed by atoms with Crippen molar-refractivity contribution < 1.29 is 13.0 Å². The van der Waals surface area contributed by atoms with Crippen molar-refractivity contribution in [1.29, 1.82) is 0 Å². The van der Waals surface area contributed by atoms with Gasteiger partial charge in [-0.2, -0.15) is 8.42 Å². The lowest BCUT2D eigenvalue weighted by atomic mass is 11.5. The molecule has 0 atom stereocenters. The van der Waals surface area contributed by atoms with Gasteiger partial charge in [-0.3, -0.25) is 10.4 Å². The Hall–Kier alpha value is -0.170. The van der Waals surface area contributed by atoms with E-state index in [1.54, 1.807) is 0 Å². The molecular weight excluding hydrogens is 120 g/mol. The van der Waals surface area contributed by atoms with Gasteiger partial charge in [0.15, 0.2) is 0 Å². The highest BCUT2D eigenvalue weighted by Gasteiger charge is 2.04. The number of hydrogen-bond acceptors (Lipinski definition) is 3. The molecule has 0 rings (SSSR count). The quantitative estimate of drug-likeness (QED) is 0.257. The van der Waals surface area contributed by atoms with Gasteiger partial charge in [0.2, 0.25) is 0 Å². The van der Waals surface area contributed by atoms with E-state index >= 15 is 0 Å². The smallest absolute Gasteiger partial charge is 0.272 e. The Bertz CT molecular complexity index is 135. The first-order valence-corrected chi connectivity index (χ1v) is 2.80. The van der Waals surface area contributed by atoms with Crippen molar-refractivity contribution in [2.24, 2.45) is 5.84 Å². The summed E-state index contributed by atoms with van der Waals surface area (Å²) in [4.78, 5) is 0. The standard InChI is InChI=1S/CH6N2O3S/c1-3(2)7(4,5)6/h2H2,1H3,(H,4,5,6). The number of nitrogens with two attached hydrogens (primary N) is 1. The summed E-state index contributed by atoms with van der Waals surface area (Å²) in [5.74, 6) is 4.56. The van der Waals surface area contributed by atoms with E-state index in [1.807, 2.05) is 0 Å². The van der Waals surface area contributed by atoms with Gasteiger partial charge in [0.05, 0.1) is 0 Å². The molecule has 0 heterocycles. The molecular formula is CH6N2O3S. The molecule has 0 bridgehead atoms. The van der Waals surface area contributed by atoms with E-state index in [4.69, 9.17) is 4.55 Å². The van der Waals surface area contributed by atoms with E-state index in [0.29, 0.717) is 0 Å². The summed E-state index contributed by atoms with van der Waals surface area (Å²) in [5.41, 5.74) is 0. The van der Waals surface area contributed by atoms with E-state index in [1.165, 1.54) is 0 Å². The number of hydrazine groups is 1. The molecule has 0 aromatic rings. The maximum Gasteiger partial charge on any atom is 0.348 e. The second-order valence-corrected chi connectivity index (χ2v) is 2.47. The van der Waals surface area contributed by atoms with Crippen LogP contribution in [0, 0.1) is 0 Å². The predicted molar refractivity (Wildman–Crippen MR) is 23.5 cm³/mol. The van der Waals surface area contributed by atoms with Crippen molar-refractivity contribution in [3.8, 4) is 0 Å². The maximum absolute atomic E-state index is 9.69. The zero-order valence-electron chi connectivity index (χ0n) is 3.70. The van der Waals surface area contributed by atoms with E-state index in [-0.39, 0.29) is 4.41 Å². The highest BCUT2D eigenvalue weighted by atomic mass is 32.2. The lowest BCUT2D eigenvalue weighted by Crippen LogP contribution is -2.32. The molecule has 5 nitrogen and oxygen atoms in total. The van der Waals surface area contributed by atoms with Gasteiger partial charge >= 0.3 is 10.3 Å². The van der Waals surface area contributed by atoms with E-state index in [9.17, 15) is 8.42 Å². The molecule has 0 aromatic heterocycles. The molecule has 0 amide bonds. The first-order chi connectivity index (χ1) is 2.94. The van der Waals surface area contributed by atoms with Crippen LogP contribution in [0.4, 0.5) is 0 Å². The summed E-state index contributed by atoms with van der Waals surface area (Å²) in [6, 6.07) is 0. The van der Waals surface area contributed by atoms with Crippen LogP contribution in [0.25, 0.3) is 0 Å². The zero-order valence-corrected chi connectivity index (χ0v) is 4.51. The van der Waals surface area contributed by atoms with Gasteiger partial charge in [0.1, 0.15) is 0 Å². The van der Waals surface area contributed by atoms with Crippen LogP contribution in [-0.2, 0) is 10.3 Å². The Morgan fingerprint density at radius 2 is 1.86 bits per heavy atom. The molecule has 0 saturated heterocycles. The molecule has 0 fully saturated rings. The molecule has 0 saturated carbocycles. The summed E-state index contributed by atoms with van der Waals surface area (Å²) in [6.07, 6.45) is 0. The van der Waals surface area contributed by atoms with Crippen LogP contribution < -0.4 is 5.84 Å². The van der Waals surface area contributed by atoms with Gasteiger partial charge in [-0.15, -0.1) is 4.41 Å². The summed E-state index contributed by atoms with van der Waals surface area (Å²) in [7, 11) is -3.11. The second kappa shape index (κ2) is 1.74. The lowest BCUT2D eigenvalue weighted by Gasteiger charge is -2.00. The van der Waals surface area contributed by atoms with Crippen LogP contribution in [0.2, 0.25) is 0 Å². The van der Waals surface area contributed by atoms with Gasteiger partial charge in [-0.1, -0.05) is 0 Å². The molecule has 7 heavy (non-hydrogen) atoms. The largest absolute Gasteiger partial charge is 0.348 e. The first kappa shape index (κ1) is 6.83. The molecule has 0 unspecified atom stereocenters. The first-order valence-electron chi connectivity index (χ1n) is 1.40. The Balaban J connectivity index is 4.10. The van der Waals surface area contributed by atoms with Gasteiger partial charge in [0.25, 0.3) is 0 Å². The van der Waals surface area contributed by atoms with Crippen molar-refractivity contribution in [3.63, 3.8) is 0 Å². The minimum Gasteiger partial charge on any atom is -0.272 e. The summed E-state index contributed by atoms with van der Waals surface area (Å²) >= 11 is 0. The third-order valence-electron chi connectivity index (χ3n) is 0.364. The zero-order chi connectivity index (χ0) is 6.08. The van der Waals surface area contributed by atoms with Crippen molar-refractivity contribution in [3.05, 3.63) is 0 Å². The van der Waals surface area contributed by atoms with Gasteiger partial charge in [-0.25, -0.2) is 0 Å². The van der Waals surface area contributed by atoms with E-state index in [0.717, 1.165) is 7.05 Å². The Labute approximate surface area is 41.6 Å². The molecule has 0 aliphatic rings. The number of hydrogen-bond donors (Lipinski definition) is 2. The van der Waals surface area contributed by atoms with Crippen LogP contribution in [0.1, 0.15) is 0 Å². The van der Waals surface area contributed by atoms with Crippen LogP contribution in [0.15, 0.2) is 0 Å². The van der Waals surface area contributed by atoms with E-state index in [2.05, 4.69) is 5.84 Å². The molecule has 3 N–H and O–H groups in total. The van der Waals surface area contributed by atoms with Crippen LogP contribution in [-0.4, -0.2) is 24.4 Å². The van der Waals surface area contributed by atoms with Gasteiger partial charge < -0.3 is 0 Å². The molecule has 0 aliphatic heterocycles. The predicted octanol–water partition coefficient (Wildman–Crippen LogP) is -1.41. The maximum atomic E-state index is 9.69. The third-order valence-corrected chi connectivity index (χ3v) is 1.09. The topological polar surface area (TPSA) is 83.6 Å². The monoisotopic (exact) mass is 126 g/mol. The van der Waals surface area contributed by atoms with Crippen molar-refractivity contribution >= 4 is 10.3 Å². The average Bonchev–Trinajstić information content (AvgIpc) is 1.31. The number of rotatable bonds is 1. The number of nitrogens with zero attached hydrogens (tertiary/aromatic N) is 1. The third kappa shape index (κ3) is 2.52. The molecule has 44 valence electrons. The lowest BCUT2D eigenvalue weighted by molar-refractivity contribution is 0.394. The summed E-state index contributed by atoms with van der Waals surface area (Å²) < 4.78 is 27.5. The van der Waals surface area contributed by atoms with Gasteiger partial charge in [0, 0.05) is 7.05 Å². The molecule has 0 aromatic carbocycles. The molecule has 0 spiro atoms. The van der Waals surface area contributed by atoms with Crippen molar-refractivity contribution in [2.75, 3.05) is 7.05 Å². The fraction of sp³-hybridized carbons (Fsp3) is 1.00. The normalized spacial score (nSPS) is 12.6. The molecule has 0 radical (unpaired) electrons. The highest BCUT2D eigenvalue weighted by molar-refractivity contribution is 7.83. The van der Waals surface area contributed by atoms with Gasteiger partial charge in [-0.05, 0) is 0 Å². The van der Waals surface area contributed by atoms with E-state index < -0.39 is 10.3 Å². The van der Waals surface area contributed by atoms with Crippen LogP contribution in [0.3, 0.4) is 0 Å². The Kier molecular flexibility index (Phi) is 1.70. The second-order valence-electron chi connectivity index (χ2n) is 0.994. The fourth-order valence-corrected chi connectivity index (χ4v) is 0. The molecule has 6 heteroatoms. The van der Waals surface area contributed by atoms with Crippen LogP contribution >= 0.6 is 0 Å². The SMILES string of the molecule is CN(N)S(=O)(=O)O. The Morgan fingerprint density at radius 3 is 1.86 bits per heavy atom. The average molecular weight is 126 g/mol. The van der Waals surface area contributed by atoms with Crippen molar-refractivity contribution in [1.82, 2.24) is 4.41 Å². The molecule has 0 aliphatic carbocycles. The minimum absolute atomic E-state index is 0.215. The summed E-state index contributed by atoms with van der Waals surface area (Å²) in [5, 5.41) is 0. The van der Waals surface area contributed by atoms with Crippen LogP contribution in [0.5, 0.6) is 0 Å². The fourth-order valence-electron chi connectivity index (χ4n) is 0. The van der Waals surface area contributed by atoms with Crippen molar-refractivity contribution in [2.45, 2.75) is 0 Å². The highest BCUT2D eigenvalue weighted by Crippen LogP contribution is 1.78.